The van der Waals surface area contributed by atoms with Gasteiger partial charge in [-0.25, -0.2) is 18.0 Å². The Labute approximate surface area is 329 Å². The Morgan fingerprint density at radius 3 is 1.40 bits per heavy atom. The first-order valence-electron chi connectivity index (χ1n) is 18.1. The molecular weight excluding hydrogens is 640 g/mol. The summed E-state index contributed by atoms with van der Waals surface area (Å²) in [7, 11) is -5.02. The number of hydrogen-bond acceptors (Lipinski definition) is 7. The van der Waals surface area contributed by atoms with Gasteiger partial charge in [0.1, 0.15) is 10.1 Å². The van der Waals surface area contributed by atoms with Gasteiger partial charge < -0.3 is 14.0 Å². The van der Waals surface area contributed by atoms with Crippen molar-refractivity contribution < 1.29 is 83.4 Å². The van der Waals surface area contributed by atoms with E-state index in [1.165, 1.54) is 108 Å². The molecule has 0 aliphatic heterocycles. The van der Waals surface area contributed by atoms with Crippen molar-refractivity contribution in [2.75, 3.05) is 13.2 Å². The van der Waals surface area contributed by atoms with Crippen LogP contribution in [-0.2, 0) is 19.6 Å². The van der Waals surface area contributed by atoms with Gasteiger partial charge in [0, 0.05) is 0 Å². The molecule has 1 aromatic carbocycles. The second-order valence-corrected chi connectivity index (χ2v) is 13.5. The normalized spacial score (nSPS) is 11.6. The van der Waals surface area contributed by atoms with Crippen molar-refractivity contribution in [2.45, 2.75) is 160 Å². The van der Waals surface area contributed by atoms with Crippen LogP contribution in [0, 0.1) is 0 Å². The molecule has 0 amide bonds. The van der Waals surface area contributed by atoms with E-state index < -0.39 is 32.5 Å². The summed E-state index contributed by atoms with van der Waals surface area (Å²) in [4.78, 5) is 24.9. The predicted octanol–water partition coefficient (Wildman–Crippen LogP) is 7.64. The molecule has 262 valence electrons. The van der Waals surface area contributed by atoms with Crippen LogP contribution in [0.1, 0.15) is 176 Å². The summed E-state index contributed by atoms with van der Waals surface area (Å²) in [6, 6.07) is 3.55. The minimum Gasteiger partial charge on any atom is -0.744 e. The average Bonchev–Trinajstić information content (AvgIpc) is 3.04. The van der Waals surface area contributed by atoms with E-state index in [0.29, 0.717) is 19.3 Å². The van der Waals surface area contributed by atoms with Gasteiger partial charge in [-0.1, -0.05) is 134 Å². The number of benzene rings is 1. The van der Waals surface area contributed by atoms with Gasteiger partial charge in [0.05, 0.1) is 29.2 Å². The van der Waals surface area contributed by atoms with Gasteiger partial charge in [0.2, 0.25) is 0 Å². The van der Waals surface area contributed by atoms with Gasteiger partial charge in [0.25, 0.3) is 0 Å². The summed E-state index contributed by atoms with van der Waals surface area (Å²) in [6.07, 6.45) is 33.6. The monoisotopic (exact) mass is 700 g/mol. The van der Waals surface area contributed by atoms with E-state index >= 15 is 0 Å². The maximum Gasteiger partial charge on any atom is 1.00 e. The molecule has 47 heavy (non-hydrogen) atoms. The molecule has 0 saturated heterocycles. The van der Waals surface area contributed by atoms with Gasteiger partial charge in [-0.05, 0) is 63.5 Å². The summed E-state index contributed by atoms with van der Waals surface area (Å²) < 4.78 is 46.3. The largest absolute Gasteiger partial charge is 1.00 e. The van der Waals surface area contributed by atoms with E-state index in [0.717, 1.165) is 31.7 Å². The van der Waals surface area contributed by atoms with E-state index in [4.69, 9.17) is 9.47 Å². The molecule has 0 N–H and O–H groups in total. The summed E-state index contributed by atoms with van der Waals surface area (Å²) in [6.45, 7) is 4.60. The number of esters is 2. The molecule has 0 fully saturated rings. The van der Waals surface area contributed by atoms with Crippen LogP contribution >= 0.6 is 0 Å². The molecule has 1 aromatic rings. The molecule has 0 aliphatic rings. The van der Waals surface area contributed by atoms with E-state index in [9.17, 15) is 22.6 Å². The third kappa shape index (κ3) is 24.1. The first kappa shape index (κ1) is 46.2. The van der Waals surface area contributed by atoms with Crippen molar-refractivity contribution in [3.05, 3.63) is 53.6 Å². The third-order valence-corrected chi connectivity index (χ3v) is 8.88. The van der Waals surface area contributed by atoms with Crippen LogP contribution in [0.25, 0.3) is 0 Å². The van der Waals surface area contributed by atoms with Crippen LogP contribution in [-0.4, -0.2) is 38.1 Å². The van der Waals surface area contributed by atoms with Gasteiger partial charge in [-0.2, -0.15) is 0 Å². The van der Waals surface area contributed by atoms with Crippen LogP contribution < -0.4 is 51.4 Å². The Kier molecular flexibility index (Phi) is 30.6. The molecule has 7 nitrogen and oxygen atoms in total. The minimum atomic E-state index is -5.02. The minimum absolute atomic E-state index is 0. The van der Waals surface area contributed by atoms with Crippen molar-refractivity contribution >= 4 is 22.1 Å². The van der Waals surface area contributed by atoms with Crippen molar-refractivity contribution in [3.63, 3.8) is 0 Å². The Morgan fingerprint density at radius 2 is 0.979 bits per heavy atom. The second kappa shape index (κ2) is 31.2. The van der Waals surface area contributed by atoms with Crippen molar-refractivity contribution in [2.24, 2.45) is 0 Å². The molecule has 0 aliphatic carbocycles. The van der Waals surface area contributed by atoms with Gasteiger partial charge in [0.15, 0.2) is 0 Å². The molecule has 0 heterocycles. The van der Waals surface area contributed by atoms with Gasteiger partial charge in [-0.15, -0.1) is 0 Å². The quantitative estimate of drug-likeness (QED) is 0.0278. The van der Waals surface area contributed by atoms with Gasteiger partial charge >= 0.3 is 63.3 Å². The molecular formula is C38H61KO7S. The Morgan fingerprint density at radius 1 is 0.596 bits per heavy atom. The SMILES string of the molecule is CCCCCCCCCC/C=C/CCCOC(=O)c1cccc(S(=O)(=O)[O-])c1C(=O)OCCC/C=C/CCCCCCCCCC.[K+]. The predicted molar refractivity (Wildman–Crippen MR) is 186 cm³/mol. The Hall–Kier alpha value is -0.814. The maximum absolute atomic E-state index is 12.9. The maximum atomic E-state index is 12.9. The topological polar surface area (TPSA) is 110 Å². The molecule has 0 saturated carbocycles. The Bertz CT molecular complexity index is 1120. The molecule has 0 radical (unpaired) electrons. The van der Waals surface area contributed by atoms with Crippen molar-refractivity contribution in [3.8, 4) is 0 Å². The summed E-state index contributed by atoms with van der Waals surface area (Å²) in [5.74, 6) is -1.88. The molecule has 0 bridgehead atoms. The van der Waals surface area contributed by atoms with Crippen LogP contribution in [0.3, 0.4) is 0 Å². The zero-order valence-electron chi connectivity index (χ0n) is 29.8. The van der Waals surface area contributed by atoms with E-state index in [1.54, 1.807) is 0 Å². The number of rotatable bonds is 29. The summed E-state index contributed by atoms with van der Waals surface area (Å²) >= 11 is 0. The van der Waals surface area contributed by atoms with E-state index in [1.807, 2.05) is 0 Å². The molecule has 0 aromatic heterocycles. The number of allylic oxidation sites excluding steroid dienone is 4. The average molecular weight is 701 g/mol. The first-order chi connectivity index (χ1) is 22.3. The smallest absolute Gasteiger partial charge is 0.744 e. The number of carbonyl (C=O) groups excluding carboxylic acids is 2. The van der Waals surface area contributed by atoms with Gasteiger partial charge in [-0.3, -0.25) is 0 Å². The zero-order valence-corrected chi connectivity index (χ0v) is 33.7. The number of hydrogen-bond donors (Lipinski definition) is 0. The van der Waals surface area contributed by atoms with Crippen molar-refractivity contribution in [1.29, 1.82) is 0 Å². The van der Waals surface area contributed by atoms with Crippen LogP contribution in [0.4, 0.5) is 0 Å². The van der Waals surface area contributed by atoms with Crippen LogP contribution in [0.15, 0.2) is 47.4 Å². The molecule has 0 atom stereocenters. The summed E-state index contributed by atoms with van der Waals surface area (Å²) in [5, 5.41) is 0. The van der Waals surface area contributed by atoms with Crippen molar-refractivity contribution in [1.82, 2.24) is 0 Å². The fourth-order valence-corrected chi connectivity index (χ4v) is 5.95. The standard InChI is InChI=1S/C38H62O7S.K/c1-3-5-7-9-11-13-15-17-19-21-23-25-27-32-44-37(39)34-30-29-31-35(46(41,42)43)36(34)38(40)45-33-28-26-24-22-20-18-16-14-12-10-8-6-4-2;/h21-24,29-31H,3-20,25-28,32-33H2,1-2H3,(H,41,42,43);/q;+1/p-1/b23-21+,24-22+;. The molecule has 0 unspecified atom stereocenters. The first-order valence-corrected chi connectivity index (χ1v) is 19.5. The third-order valence-electron chi connectivity index (χ3n) is 8.00. The van der Waals surface area contributed by atoms with E-state index in [2.05, 4.69) is 38.2 Å². The Balaban J connectivity index is 0.0000212. The number of ether oxygens (including phenoxy) is 2. The van der Waals surface area contributed by atoms with Crippen LogP contribution in [0.2, 0.25) is 0 Å². The fourth-order valence-electron chi connectivity index (χ4n) is 5.27. The number of unbranched alkanes of at least 4 members (excludes halogenated alkanes) is 18. The molecule has 1 rings (SSSR count). The number of carbonyl (C=O) groups is 2. The fraction of sp³-hybridized carbons (Fsp3) is 0.684. The molecule has 0 spiro atoms. The van der Waals surface area contributed by atoms with Crippen LogP contribution in [0.5, 0.6) is 0 Å². The summed E-state index contributed by atoms with van der Waals surface area (Å²) in [5.41, 5.74) is -0.838. The second-order valence-electron chi connectivity index (χ2n) is 12.2. The van der Waals surface area contributed by atoms with E-state index in [-0.39, 0.29) is 70.2 Å². The zero-order chi connectivity index (χ0) is 33.7. The molecule has 9 heteroatoms.